The van der Waals surface area contributed by atoms with E-state index in [9.17, 15) is 9.90 Å². The smallest absolute Gasteiger partial charge is 0.339 e. The summed E-state index contributed by atoms with van der Waals surface area (Å²) in [4.78, 5) is 11.4. The van der Waals surface area contributed by atoms with Crippen molar-refractivity contribution >= 4 is 5.97 Å². The zero-order chi connectivity index (χ0) is 12.4. The van der Waals surface area contributed by atoms with Crippen LogP contribution in [0.1, 0.15) is 41.2 Å². The molecule has 3 nitrogen and oxygen atoms in total. The summed E-state index contributed by atoms with van der Waals surface area (Å²) in [6.45, 7) is 2.08. The van der Waals surface area contributed by atoms with Crippen molar-refractivity contribution < 1.29 is 14.6 Å². The summed E-state index contributed by atoms with van der Waals surface area (Å²) in [7, 11) is 1.30. The predicted molar refractivity (Wildman–Crippen MR) is 64.8 cm³/mol. The van der Waals surface area contributed by atoms with Gasteiger partial charge in [-0.2, -0.15) is 0 Å². The first-order valence-corrected chi connectivity index (χ1v) is 6.02. The number of benzene rings is 1. The van der Waals surface area contributed by atoms with Crippen LogP contribution in [0, 0.1) is 6.92 Å². The van der Waals surface area contributed by atoms with E-state index in [1.54, 1.807) is 0 Å². The third kappa shape index (κ3) is 2.20. The average Bonchev–Trinajstić information content (AvgIpc) is 2.38. The second kappa shape index (κ2) is 4.88. The highest BCUT2D eigenvalue weighted by Gasteiger charge is 2.24. The van der Waals surface area contributed by atoms with E-state index >= 15 is 0 Å². The molecule has 92 valence electrons. The SMILES string of the molecule is COC(=O)C(O)c1ccc(C)c2c1CCCC2. The van der Waals surface area contributed by atoms with E-state index in [4.69, 9.17) is 0 Å². The number of aryl methyl sites for hydroxylation is 1. The van der Waals surface area contributed by atoms with Crippen molar-refractivity contribution in [2.45, 2.75) is 38.7 Å². The van der Waals surface area contributed by atoms with Gasteiger partial charge in [0, 0.05) is 0 Å². The number of aliphatic hydroxyl groups is 1. The molecule has 0 radical (unpaired) electrons. The van der Waals surface area contributed by atoms with Gasteiger partial charge >= 0.3 is 5.97 Å². The molecule has 2 rings (SSSR count). The van der Waals surface area contributed by atoms with Crippen LogP contribution in [0.3, 0.4) is 0 Å². The van der Waals surface area contributed by atoms with E-state index in [0.29, 0.717) is 0 Å². The Kier molecular flexibility index (Phi) is 3.48. The summed E-state index contributed by atoms with van der Waals surface area (Å²) < 4.78 is 4.60. The minimum Gasteiger partial charge on any atom is -0.467 e. The Bertz CT molecular complexity index is 437. The van der Waals surface area contributed by atoms with Crippen LogP contribution >= 0.6 is 0 Å². The molecule has 0 saturated heterocycles. The number of ether oxygens (including phenoxy) is 1. The minimum atomic E-state index is -1.15. The highest BCUT2D eigenvalue weighted by molar-refractivity contribution is 5.77. The molecule has 0 amide bonds. The monoisotopic (exact) mass is 234 g/mol. The normalized spacial score (nSPS) is 16.2. The summed E-state index contributed by atoms with van der Waals surface area (Å²) in [5, 5.41) is 9.96. The zero-order valence-electron chi connectivity index (χ0n) is 10.3. The van der Waals surface area contributed by atoms with Gasteiger partial charge < -0.3 is 9.84 Å². The molecule has 0 saturated carbocycles. The second-order valence-corrected chi connectivity index (χ2v) is 4.56. The van der Waals surface area contributed by atoms with Gasteiger partial charge in [0.2, 0.25) is 0 Å². The Morgan fingerprint density at radius 2 is 1.94 bits per heavy atom. The molecular weight excluding hydrogens is 216 g/mol. The average molecular weight is 234 g/mol. The van der Waals surface area contributed by atoms with Gasteiger partial charge in [0.1, 0.15) is 0 Å². The van der Waals surface area contributed by atoms with Gasteiger partial charge in [-0.25, -0.2) is 4.79 Å². The fourth-order valence-corrected chi connectivity index (χ4v) is 2.57. The number of esters is 1. The van der Waals surface area contributed by atoms with Gasteiger partial charge in [0.15, 0.2) is 6.10 Å². The molecule has 17 heavy (non-hydrogen) atoms. The maximum atomic E-state index is 11.4. The van der Waals surface area contributed by atoms with Gasteiger partial charge in [-0.15, -0.1) is 0 Å². The molecule has 0 bridgehead atoms. The minimum absolute atomic E-state index is 0.582. The van der Waals surface area contributed by atoms with Gasteiger partial charge in [-0.3, -0.25) is 0 Å². The molecular formula is C14H18O3. The van der Waals surface area contributed by atoms with E-state index in [0.717, 1.165) is 30.4 Å². The Labute approximate surface area is 101 Å². The fraction of sp³-hybridized carbons (Fsp3) is 0.500. The number of rotatable bonds is 2. The first-order valence-electron chi connectivity index (χ1n) is 6.02. The van der Waals surface area contributed by atoms with Crippen molar-refractivity contribution in [3.8, 4) is 0 Å². The Hall–Kier alpha value is -1.35. The Balaban J connectivity index is 2.44. The quantitative estimate of drug-likeness (QED) is 0.797. The molecule has 0 aliphatic heterocycles. The van der Waals surface area contributed by atoms with Crippen LogP contribution in [-0.2, 0) is 22.4 Å². The van der Waals surface area contributed by atoms with E-state index in [2.05, 4.69) is 11.7 Å². The molecule has 1 N–H and O–H groups in total. The maximum absolute atomic E-state index is 11.4. The number of aliphatic hydroxyl groups excluding tert-OH is 1. The number of fused-ring (bicyclic) bond motifs is 1. The summed E-state index contributed by atoms with van der Waals surface area (Å²) in [6.07, 6.45) is 3.15. The third-order valence-corrected chi connectivity index (χ3v) is 3.52. The summed E-state index contributed by atoms with van der Waals surface area (Å²) in [5.74, 6) is -0.582. The molecule has 1 atom stereocenters. The third-order valence-electron chi connectivity index (χ3n) is 3.52. The molecule has 0 heterocycles. The summed E-state index contributed by atoms with van der Waals surface area (Å²) in [5.41, 5.74) is 4.42. The summed E-state index contributed by atoms with van der Waals surface area (Å²) >= 11 is 0. The van der Waals surface area contributed by atoms with Gasteiger partial charge in [-0.1, -0.05) is 12.1 Å². The van der Waals surface area contributed by atoms with Crippen molar-refractivity contribution in [1.82, 2.24) is 0 Å². The molecule has 1 aromatic rings. The molecule has 1 unspecified atom stereocenters. The van der Waals surface area contributed by atoms with Crippen molar-refractivity contribution in [1.29, 1.82) is 0 Å². The zero-order valence-corrected chi connectivity index (χ0v) is 10.3. The van der Waals surface area contributed by atoms with Crippen molar-refractivity contribution in [3.05, 3.63) is 34.4 Å². The lowest BCUT2D eigenvalue weighted by molar-refractivity contribution is -0.150. The fourth-order valence-electron chi connectivity index (χ4n) is 2.57. The van der Waals surface area contributed by atoms with E-state index in [1.165, 1.54) is 24.7 Å². The lowest BCUT2D eigenvalue weighted by atomic mass is 9.84. The second-order valence-electron chi connectivity index (χ2n) is 4.56. The first-order chi connectivity index (χ1) is 8.15. The topological polar surface area (TPSA) is 46.5 Å². The molecule has 0 spiro atoms. The molecule has 1 aliphatic carbocycles. The standard InChI is InChI=1S/C14H18O3/c1-9-7-8-12(13(15)14(16)17-2)11-6-4-3-5-10(9)11/h7-8,13,15H,3-6H2,1-2H3. The lowest BCUT2D eigenvalue weighted by Gasteiger charge is -2.23. The first kappa shape index (κ1) is 12.1. The van der Waals surface area contributed by atoms with E-state index in [-0.39, 0.29) is 0 Å². The van der Waals surface area contributed by atoms with Crippen LogP contribution < -0.4 is 0 Å². The summed E-state index contributed by atoms with van der Waals surface area (Å²) in [6, 6.07) is 3.83. The molecule has 0 fully saturated rings. The molecule has 3 heteroatoms. The van der Waals surface area contributed by atoms with Crippen LogP contribution in [-0.4, -0.2) is 18.2 Å². The van der Waals surface area contributed by atoms with Crippen LogP contribution in [0.5, 0.6) is 0 Å². The lowest BCUT2D eigenvalue weighted by Crippen LogP contribution is -2.18. The van der Waals surface area contributed by atoms with Crippen molar-refractivity contribution in [2.75, 3.05) is 7.11 Å². The van der Waals surface area contributed by atoms with Crippen LogP contribution in [0.4, 0.5) is 0 Å². The molecule has 1 aromatic carbocycles. The molecule has 1 aliphatic rings. The van der Waals surface area contributed by atoms with Crippen molar-refractivity contribution in [3.63, 3.8) is 0 Å². The number of hydrogen-bond acceptors (Lipinski definition) is 3. The highest BCUT2D eigenvalue weighted by Crippen LogP contribution is 2.31. The largest absolute Gasteiger partial charge is 0.467 e. The van der Waals surface area contributed by atoms with Crippen LogP contribution in [0.25, 0.3) is 0 Å². The van der Waals surface area contributed by atoms with Crippen LogP contribution in [0.2, 0.25) is 0 Å². The van der Waals surface area contributed by atoms with Gasteiger partial charge in [0.05, 0.1) is 7.11 Å². The van der Waals surface area contributed by atoms with Gasteiger partial charge in [-0.05, 0) is 54.9 Å². The van der Waals surface area contributed by atoms with E-state index in [1.807, 2.05) is 12.1 Å². The molecule has 0 aromatic heterocycles. The number of carbonyl (C=O) groups is 1. The Morgan fingerprint density at radius 3 is 2.59 bits per heavy atom. The predicted octanol–water partition coefficient (Wildman–Crippen LogP) is 2.08. The Morgan fingerprint density at radius 1 is 1.29 bits per heavy atom. The maximum Gasteiger partial charge on any atom is 0.339 e. The van der Waals surface area contributed by atoms with Crippen LogP contribution in [0.15, 0.2) is 12.1 Å². The van der Waals surface area contributed by atoms with Crippen molar-refractivity contribution in [2.24, 2.45) is 0 Å². The number of hydrogen-bond donors (Lipinski definition) is 1. The van der Waals surface area contributed by atoms with Gasteiger partial charge in [0.25, 0.3) is 0 Å². The highest BCUT2D eigenvalue weighted by atomic mass is 16.5. The number of carbonyl (C=O) groups excluding carboxylic acids is 1. The number of methoxy groups -OCH3 is 1. The van der Waals surface area contributed by atoms with E-state index < -0.39 is 12.1 Å².